The van der Waals surface area contributed by atoms with Crippen molar-refractivity contribution in [3.8, 4) is 5.75 Å². The lowest BCUT2D eigenvalue weighted by molar-refractivity contribution is -0.0502. The number of anilines is 1. The Morgan fingerprint density at radius 1 is 1.18 bits per heavy atom. The molecular weight excluding hydrogens is 354 g/mol. The summed E-state index contributed by atoms with van der Waals surface area (Å²) in [6.07, 6.45) is 1.00. The standard InChI is InChI=1S/C22H27N3O3/c1-15-8-9-20(27-2)19(10-15)24-22(26)23-17-11-18-14-28-21(13-25(18)12-17)16-6-4-3-5-7-16/h3-10,17-18,21H,11-14H2,1-2H3,(H2,23,24,26)/t17-,18+,21-/m1/s1. The normalized spacial score (nSPS) is 24.4. The van der Waals surface area contributed by atoms with Crippen molar-refractivity contribution in [2.24, 2.45) is 0 Å². The van der Waals surface area contributed by atoms with E-state index in [-0.39, 0.29) is 18.2 Å². The molecule has 6 nitrogen and oxygen atoms in total. The van der Waals surface area contributed by atoms with E-state index in [1.54, 1.807) is 7.11 Å². The molecule has 0 unspecified atom stereocenters. The molecule has 0 radical (unpaired) electrons. The summed E-state index contributed by atoms with van der Waals surface area (Å²) in [6, 6.07) is 16.3. The van der Waals surface area contributed by atoms with Crippen molar-refractivity contribution in [1.29, 1.82) is 0 Å². The molecule has 0 bridgehead atoms. The molecule has 2 N–H and O–H groups in total. The summed E-state index contributed by atoms with van der Waals surface area (Å²) < 4.78 is 11.4. The van der Waals surface area contributed by atoms with Gasteiger partial charge >= 0.3 is 6.03 Å². The minimum atomic E-state index is -0.200. The third-order valence-electron chi connectivity index (χ3n) is 5.53. The van der Waals surface area contributed by atoms with Crippen molar-refractivity contribution in [3.63, 3.8) is 0 Å². The van der Waals surface area contributed by atoms with Crippen LogP contribution in [-0.4, -0.2) is 49.8 Å². The molecule has 2 aromatic carbocycles. The van der Waals surface area contributed by atoms with Crippen molar-refractivity contribution in [2.45, 2.75) is 31.5 Å². The van der Waals surface area contributed by atoms with E-state index in [2.05, 4.69) is 27.7 Å². The van der Waals surface area contributed by atoms with Gasteiger partial charge in [-0.05, 0) is 36.6 Å². The first kappa shape index (κ1) is 18.8. The van der Waals surface area contributed by atoms with Crippen LogP contribution in [0.4, 0.5) is 10.5 Å². The lowest BCUT2D eigenvalue weighted by Crippen LogP contribution is -2.43. The molecule has 148 valence electrons. The quantitative estimate of drug-likeness (QED) is 0.853. The molecule has 2 aliphatic heterocycles. The smallest absolute Gasteiger partial charge is 0.319 e. The Bertz CT molecular complexity index is 827. The lowest BCUT2D eigenvalue weighted by atomic mass is 10.1. The molecular formula is C22H27N3O3. The maximum absolute atomic E-state index is 12.5. The highest BCUT2D eigenvalue weighted by molar-refractivity contribution is 5.91. The van der Waals surface area contributed by atoms with Crippen LogP contribution in [0.25, 0.3) is 0 Å². The number of hydrogen-bond acceptors (Lipinski definition) is 4. The maximum Gasteiger partial charge on any atom is 0.319 e. The molecule has 2 saturated heterocycles. The van der Waals surface area contributed by atoms with Gasteiger partial charge in [0.15, 0.2) is 0 Å². The van der Waals surface area contributed by atoms with E-state index in [0.717, 1.165) is 25.1 Å². The van der Waals surface area contributed by atoms with Crippen LogP contribution in [0.2, 0.25) is 0 Å². The number of ether oxygens (including phenoxy) is 2. The predicted molar refractivity (Wildman–Crippen MR) is 109 cm³/mol. The van der Waals surface area contributed by atoms with Gasteiger partial charge in [-0.15, -0.1) is 0 Å². The first-order chi connectivity index (χ1) is 13.6. The molecule has 3 atom stereocenters. The van der Waals surface area contributed by atoms with Gasteiger partial charge in [-0.1, -0.05) is 36.4 Å². The SMILES string of the molecule is COc1ccc(C)cc1NC(=O)N[C@@H]1C[C@H]2CO[C@@H](c3ccccc3)CN2C1. The van der Waals surface area contributed by atoms with Gasteiger partial charge < -0.3 is 20.1 Å². The van der Waals surface area contributed by atoms with Crippen molar-refractivity contribution in [2.75, 3.05) is 32.1 Å². The van der Waals surface area contributed by atoms with E-state index in [0.29, 0.717) is 24.1 Å². The van der Waals surface area contributed by atoms with Crippen molar-refractivity contribution >= 4 is 11.7 Å². The van der Waals surface area contributed by atoms with E-state index < -0.39 is 0 Å². The predicted octanol–water partition coefficient (Wildman–Crippen LogP) is 3.34. The minimum Gasteiger partial charge on any atom is -0.495 e. The number of nitrogens with zero attached hydrogens (tertiary/aromatic N) is 1. The van der Waals surface area contributed by atoms with E-state index >= 15 is 0 Å². The van der Waals surface area contributed by atoms with Gasteiger partial charge in [0.05, 0.1) is 25.5 Å². The third kappa shape index (κ3) is 4.13. The molecule has 2 amide bonds. The van der Waals surface area contributed by atoms with Crippen LogP contribution in [0.15, 0.2) is 48.5 Å². The summed E-state index contributed by atoms with van der Waals surface area (Å²) in [5, 5.41) is 6.03. The summed E-state index contributed by atoms with van der Waals surface area (Å²) in [5.41, 5.74) is 2.96. The third-order valence-corrected chi connectivity index (χ3v) is 5.53. The van der Waals surface area contributed by atoms with E-state index in [9.17, 15) is 4.79 Å². The van der Waals surface area contributed by atoms with E-state index in [4.69, 9.17) is 9.47 Å². The summed E-state index contributed by atoms with van der Waals surface area (Å²) in [5.74, 6) is 0.656. The second kappa shape index (κ2) is 8.20. The zero-order valence-corrected chi connectivity index (χ0v) is 16.4. The summed E-state index contributed by atoms with van der Waals surface area (Å²) in [7, 11) is 1.60. The Morgan fingerprint density at radius 3 is 2.79 bits per heavy atom. The minimum absolute atomic E-state index is 0.0987. The molecule has 6 heteroatoms. The number of urea groups is 1. The molecule has 0 spiro atoms. The van der Waals surface area contributed by atoms with Crippen LogP contribution < -0.4 is 15.4 Å². The van der Waals surface area contributed by atoms with E-state index in [1.165, 1.54) is 5.56 Å². The fourth-order valence-corrected chi connectivity index (χ4v) is 4.11. The van der Waals surface area contributed by atoms with Gasteiger partial charge in [-0.25, -0.2) is 4.79 Å². The highest BCUT2D eigenvalue weighted by Gasteiger charge is 2.38. The second-order valence-electron chi connectivity index (χ2n) is 7.58. The molecule has 2 fully saturated rings. The highest BCUT2D eigenvalue weighted by atomic mass is 16.5. The van der Waals surface area contributed by atoms with Crippen LogP contribution in [0.1, 0.15) is 23.7 Å². The number of carbonyl (C=O) groups excluding carboxylic acids is 1. The zero-order chi connectivity index (χ0) is 19.5. The number of hydrogen-bond donors (Lipinski definition) is 2. The lowest BCUT2D eigenvalue weighted by Gasteiger charge is -2.35. The Morgan fingerprint density at radius 2 is 2.00 bits per heavy atom. The Balaban J connectivity index is 1.34. The fraction of sp³-hybridized carbons (Fsp3) is 0.409. The van der Waals surface area contributed by atoms with Crippen LogP contribution in [0, 0.1) is 6.92 Å². The summed E-state index contributed by atoms with van der Waals surface area (Å²) in [4.78, 5) is 14.9. The first-order valence-corrected chi connectivity index (χ1v) is 9.75. The maximum atomic E-state index is 12.5. The topological polar surface area (TPSA) is 62.8 Å². The number of benzene rings is 2. The molecule has 2 aliphatic rings. The van der Waals surface area contributed by atoms with Crippen LogP contribution in [0.5, 0.6) is 5.75 Å². The monoisotopic (exact) mass is 381 g/mol. The average molecular weight is 381 g/mol. The number of fused-ring (bicyclic) bond motifs is 1. The number of morpholine rings is 1. The number of nitrogens with one attached hydrogen (secondary N) is 2. The van der Waals surface area contributed by atoms with Gasteiger partial charge in [0.2, 0.25) is 0 Å². The van der Waals surface area contributed by atoms with Gasteiger partial charge in [-0.3, -0.25) is 4.90 Å². The molecule has 0 aromatic heterocycles. The van der Waals surface area contributed by atoms with Crippen molar-refractivity contribution in [3.05, 3.63) is 59.7 Å². The number of carbonyl (C=O) groups is 1. The molecule has 0 aliphatic carbocycles. The summed E-state index contributed by atoms with van der Waals surface area (Å²) >= 11 is 0. The number of methoxy groups -OCH3 is 1. The van der Waals surface area contributed by atoms with Gasteiger partial charge in [-0.2, -0.15) is 0 Å². The molecule has 28 heavy (non-hydrogen) atoms. The Hall–Kier alpha value is -2.57. The largest absolute Gasteiger partial charge is 0.495 e. The molecule has 4 rings (SSSR count). The van der Waals surface area contributed by atoms with E-state index in [1.807, 2.05) is 43.3 Å². The molecule has 0 saturated carbocycles. The second-order valence-corrected chi connectivity index (χ2v) is 7.58. The Labute approximate surface area is 165 Å². The fourth-order valence-electron chi connectivity index (χ4n) is 4.11. The number of amides is 2. The van der Waals surface area contributed by atoms with Crippen molar-refractivity contribution < 1.29 is 14.3 Å². The number of aryl methyl sites for hydroxylation is 1. The van der Waals surface area contributed by atoms with Gasteiger partial charge in [0.25, 0.3) is 0 Å². The van der Waals surface area contributed by atoms with Gasteiger partial charge in [0.1, 0.15) is 5.75 Å². The van der Waals surface area contributed by atoms with Crippen LogP contribution in [-0.2, 0) is 4.74 Å². The van der Waals surface area contributed by atoms with Crippen LogP contribution >= 0.6 is 0 Å². The number of rotatable bonds is 4. The van der Waals surface area contributed by atoms with Crippen molar-refractivity contribution in [1.82, 2.24) is 10.2 Å². The van der Waals surface area contributed by atoms with Gasteiger partial charge in [0, 0.05) is 25.2 Å². The average Bonchev–Trinajstić information content (AvgIpc) is 3.10. The zero-order valence-electron chi connectivity index (χ0n) is 16.4. The summed E-state index contributed by atoms with van der Waals surface area (Å²) in [6.45, 7) is 4.39. The first-order valence-electron chi connectivity index (χ1n) is 9.75. The van der Waals surface area contributed by atoms with Crippen LogP contribution in [0.3, 0.4) is 0 Å². The Kier molecular flexibility index (Phi) is 5.50. The highest BCUT2D eigenvalue weighted by Crippen LogP contribution is 2.30. The molecule has 2 heterocycles. The molecule has 2 aromatic rings.